The van der Waals surface area contributed by atoms with E-state index in [0.717, 1.165) is 25.0 Å². The van der Waals surface area contributed by atoms with Crippen molar-refractivity contribution in [3.63, 3.8) is 0 Å². The summed E-state index contributed by atoms with van der Waals surface area (Å²) in [7, 11) is 0. The van der Waals surface area contributed by atoms with Crippen molar-refractivity contribution in [3.05, 3.63) is 35.4 Å². The molecule has 3 unspecified atom stereocenters. The van der Waals surface area contributed by atoms with E-state index >= 15 is 0 Å². The fourth-order valence-corrected chi connectivity index (χ4v) is 2.61. The second-order valence-electron chi connectivity index (χ2n) is 5.59. The molecule has 1 saturated heterocycles. The van der Waals surface area contributed by atoms with Gasteiger partial charge in [-0.15, -0.1) is 0 Å². The number of alkyl halides is 3. The third kappa shape index (κ3) is 3.97. The lowest BCUT2D eigenvalue weighted by atomic mass is 9.95. The Morgan fingerprint density at radius 3 is 2.62 bits per heavy atom. The maximum atomic E-state index is 12.7. The molecule has 2 N–H and O–H groups in total. The van der Waals surface area contributed by atoms with Gasteiger partial charge >= 0.3 is 6.18 Å². The predicted octanol–water partition coefficient (Wildman–Crippen LogP) is 2.96. The molecule has 116 valence electrons. The topological polar surface area (TPSA) is 41.1 Å². The number of amides is 1. The van der Waals surface area contributed by atoms with E-state index in [2.05, 4.69) is 17.6 Å². The summed E-state index contributed by atoms with van der Waals surface area (Å²) < 4.78 is 38.0. The van der Waals surface area contributed by atoms with Gasteiger partial charge in [0.15, 0.2) is 0 Å². The van der Waals surface area contributed by atoms with E-state index in [-0.39, 0.29) is 17.6 Å². The normalized spacial score (nSPS) is 26.4. The zero-order valence-corrected chi connectivity index (χ0v) is 12.0. The molecule has 0 saturated carbocycles. The minimum absolute atomic E-state index is 0.0376. The Balaban J connectivity index is 2.07. The standard InChI is InChI=1S/C15H19F3N2O/c1-9-6-7-13(10(2)19-9)20-14(21)11-4-3-5-12(8-11)15(16,17)18/h3-5,8-10,13,19H,6-7H2,1-2H3,(H,20,21). The summed E-state index contributed by atoms with van der Waals surface area (Å²) in [6, 6.07) is 4.92. The number of nitrogens with one attached hydrogen (secondary N) is 2. The van der Waals surface area contributed by atoms with Crippen molar-refractivity contribution >= 4 is 5.91 Å². The van der Waals surface area contributed by atoms with E-state index in [0.29, 0.717) is 6.04 Å². The molecule has 1 fully saturated rings. The molecule has 2 rings (SSSR count). The molecule has 1 aromatic rings. The summed E-state index contributed by atoms with van der Waals surface area (Å²) in [5.74, 6) is -0.464. The van der Waals surface area contributed by atoms with Gasteiger partial charge in [0, 0.05) is 23.7 Å². The molecule has 0 bridgehead atoms. The molecule has 3 atom stereocenters. The van der Waals surface area contributed by atoms with Crippen LogP contribution in [0.2, 0.25) is 0 Å². The number of hydrogen-bond donors (Lipinski definition) is 2. The molecule has 1 aliphatic heterocycles. The summed E-state index contributed by atoms with van der Waals surface area (Å²) in [5, 5.41) is 6.14. The average Bonchev–Trinajstić information content (AvgIpc) is 2.41. The number of carbonyl (C=O) groups excluding carboxylic acids is 1. The molecule has 21 heavy (non-hydrogen) atoms. The minimum Gasteiger partial charge on any atom is -0.348 e. The average molecular weight is 300 g/mol. The molecular weight excluding hydrogens is 281 g/mol. The van der Waals surface area contributed by atoms with Crippen molar-refractivity contribution in [3.8, 4) is 0 Å². The summed E-state index contributed by atoms with van der Waals surface area (Å²) in [4.78, 5) is 12.1. The summed E-state index contributed by atoms with van der Waals surface area (Å²) in [5.41, 5.74) is -0.769. The maximum absolute atomic E-state index is 12.7. The van der Waals surface area contributed by atoms with Gasteiger partial charge in [0.2, 0.25) is 0 Å². The fraction of sp³-hybridized carbons (Fsp3) is 0.533. The molecule has 0 spiro atoms. The Morgan fingerprint density at radius 1 is 1.29 bits per heavy atom. The molecule has 0 radical (unpaired) electrons. The van der Waals surface area contributed by atoms with Gasteiger partial charge in [-0.05, 0) is 44.9 Å². The lowest BCUT2D eigenvalue weighted by Gasteiger charge is -2.34. The van der Waals surface area contributed by atoms with Gasteiger partial charge in [-0.25, -0.2) is 0 Å². The second kappa shape index (κ2) is 6.05. The van der Waals surface area contributed by atoms with Crippen molar-refractivity contribution in [2.45, 2.75) is 51.0 Å². The molecule has 1 aliphatic rings. The summed E-state index contributed by atoms with van der Waals surface area (Å²) in [6.07, 6.45) is -2.69. The van der Waals surface area contributed by atoms with Crippen molar-refractivity contribution in [2.75, 3.05) is 0 Å². The van der Waals surface area contributed by atoms with Crippen LogP contribution in [0.15, 0.2) is 24.3 Å². The monoisotopic (exact) mass is 300 g/mol. The van der Waals surface area contributed by atoms with Crippen LogP contribution in [0.25, 0.3) is 0 Å². The lowest BCUT2D eigenvalue weighted by molar-refractivity contribution is -0.137. The highest BCUT2D eigenvalue weighted by molar-refractivity contribution is 5.94. The van der Waals surface area contributed by atoms with Gasteiger partial charge in [-0.1, -0.05) is 6.07 Å². The lowest BCUT2D eigenvalue weighted by Crippen LogP contribution is -2.54. The van der Waals surface area contributed by atoms with E-state index < -0.39 is 17.6 Å². The van der Waals surface area contributed by atoms with E-state index in [4.69, 9.17) is 0 Å². The molecule has 1 aromatic carbocycles. The van der Waals surface area contributed by atoms with Gasteiger partial charge in [-0.3, -0.25) is 4.79 Å². The van der Waals surface area contributed by atoms with Gasteiger partial charge in [-0.2, -0.15) is 13.2 Å². The Hall–Kier alpha value is -1.56. The van der Waals surface area contributed by atoms with Crippen LogP contribution in [-0.4, -0.2) is 24.0 Å². The number of benzene rings is 1. The highest BCUT2D eigenvalue weighted by atomic mass is 19.4. The third-order valence-electron chi connectivity index (χ3n) is 3.83. The number of piperidine rings is 1. The first-order chi connectivity index (χ1) is 9.77. The Bertz CT molecular complexity index is 516. The van der Waals surface area contributed by atoms with Crippen LogP contribution in [0.5, 0.6) is 0 Å². The van der Waals surface area contributed by atoms with Gasteiger partial charge in [0.05, 0.1) is 5.56 Å². The van der Waals surface area contributed by atoms with E-state index in [9.17, 15) is 18.0 Å². The van der Waals surface area contributed by atoms with Crippen molar-refractivity contribution in [1.82, 2.24) is 10.6 Å². The molecule has 0 aromatic heterocycles. The van der Waals surface area contributed by atoms with E-state index in [1.807, 2.05) is 6.92 Å². The van der Waals surface area contributed by atoms with Crippen LogP contribution in [0.4, 0.5) is 13.2 Å². The van der Waals surface area contributed by atoms with Gasteiger partial charge in [0.25, 0.3) is 5.91 Å². The zero-order valence-electron chi connectivity index (χ0n) is 12.0. The third-order valence-corrected chi connectivity index (χ3v) is 3.83. The number of halogens is 3. The first-order valence-corrected chi connectivity index (χ1v) is 7.01. The predicted molar refractivity (Wildman–Crippen MR) is 74.0 cm³/mol. The summed E-state index contributed by atoms with van der Waals surface area (Å²) in [6.45, 7) is 4.04. The first-order valence-electron chi connectivity index (χ1n) is 7.01. The number of carbonyl (C=O) groups is 1. The zero-order chi connectivity index (χ0) is 15.6. The highest BCUT2D eigenvalue weighted by Crippen LogP contribution is 2.29. The van der Waals surface area contributed by atoms with Gasteiger partial charge < -0.3 is 10.6 Å². The van der Waals surface area contributed by atoms with Crippen LogP contribution >= 0.6 is 0 Å². The highest BCUT2D eigenvalue weighted by Gasteiger charge is 2.31. The van der Waals surface area contributed by atoms with Crippen molar-refractivity contribution in [2.24, 2.45) is 0 Å². The summed E-state index contributed by atoms with van der Waals surface area (Å²) >= 11 is 0. The number of rotatable bonds is 2. The first kappa shape index (κ1) is 15.8. The Morgan fingerprint density at radius 2 is 2.00 bits per heavy atom. The maximum Gasteiger partial charge on any atom is 0.416 e. The molecular formula is C15H19F3N2O. The molecule has 0 aliphatic carbocycles. The van der Waals surface area contributed by atoms with Crippen LogP contribution in [-0.2, 0) is 6.18 Å². The second-order valence-corrected chi connectivity index (χ2v) is 5.59. The SMILES string of the molecule is CC1CCC(NC(=O)c2cccc(C(F)(F)F)c2)C(C)N1. The quantitative estimate of drug-likeness (QED) is 0.881. The molecule has 6 heteroatoms. The number of hydrogen-bond acceptors (Lipinski definition) is 2. The molecule has 3 nitrogen and oxygen atoms in total. The van der Waals surface area contributed by atoms with Crippen molar-refractivity contribution < 1.29 is 18.0 Å². The van der Waals surface area contributed by atoms with Crippen molar-refractivity contribution in [1.29, 1.82) is 0 Å². The smallest absolute Gasteiger partial charge is 0.348 e. The fourth-order valence-electron chi connectivity index (χ4n) is 2.61. The van der Waals surface area contributed by atoms with E-state index in [1.165, 1.54) is 12.1 Å². The van der Waals surface area contributed by atoms with Gasteiger partial charge in [0.1, 0.15) is 0 Å². The van der Waals surface area contributed by atoms with Crippen LogP contribution in [0, 0.1) is 0 Å². The minimum atomic E-state index is -4.44. The Labute approximate surface area is 121 Å². The van der Waals surface area contributed by atoms with Crippen LogP contribution in [0.1, 0.15) is 42.6 Å². The van der Waals surface area contributed by atoms with E-state index in [1.54, 1.807) is 0 Å². The largest absolute Gasteiger partial charge is 0.416 e. The molecule has 1 heterocycles. The Kier molecular flexibility index (Phi) is 4.56. The molecule has 1 amide bonds. The van der Waals surface area contributed by atoms with Crippen LogP contribution < -0.4 is 10.6 Å². The van der Waals surface area contributed by atoms with Crippen LogP contribution in [0.3, 0.4) is 0 Å².